The molecule has 0 saturated heterocycles. The number of rotatable bonds is 7. The summed E-state index contributed by atoms with van der Waals surface area (Å²) in [5.74, 6) is -1.08. The lowest BCUT2D eigenvalue weighted by molar-refractivity contribution is -0.118. The molecule has 2 N–H and O–H groups in total. The number of carbonyl (C=O) groups excluding carboxylic acids is 3. The molecular formula is C19H22N2O4S. The Balaban J connectivity index is 2.03. The smallest absolute Gasteiger partial charge is 0.338 e. The molecule has 0 unspecified atom stereocenters. The molecule has 7 heteroatoms. The molecule has 2 rings (SSSR count). The van der Waals surface area contributed by atoms with Crippen molar-refractivity contribution in [2.24, 2.45) is 5.92 Å². The topological polar surface area (TPSA) is 84.5 Å². The van der Waals surface area contributed by atoms with Gasteiger partial charge >= 0.3 is 5.97 Å². The van der Waals surface area contributed by atoms with Crippen molar-refractivity contribution in [2.45, 2.75) is 26.8 Å². The first-order valence-electron chi connectivity index (χ1n) is 8.34. The van der Waals surface area contributed by atoms with Gasteiger partial charge in [-0.1, -0.05) is 19.9 Å². The number of benzene rings is 1. The van der Waals surface area contributed by atoms with E-state index in [4.69, 9.17) is 4.74 Å². The summed E-state index contributed by atoms with van der Waals surface area (Å²) in [5, 5.41) is 7.35. The van der Waals surface area contributed by atoms with E-state index in [0.29, 0.717) is 22.7 Å². The number of hydrogen-bond acceptors (Lipinski definition) is 5. The van der Waals surface area contributed by atoms with Gasteiger partial charge in [0.15, 0.2) is 0 Å². The summed E-state index contributed by atoms with van der Waals surface area (Å²) in [4.78, 5) is 37.0. The average Bonchev–Trinajstić information content (AvgIpc) is 3.14. The van der Waals surface area contributed by atoms with E-state index in [1.165, 1.54) is 11.3 Å². The van der Waals surface area contributed by atoms with E-state index in [2.05, 4.69) is 10.6 Å². The fraction of sp³-hybridized carbons (Fsp3) is 0.316. The highest BCUT2D eigenvalue weighted by Gasteiger charge is 2.25. The molecule has 0 aliphatic heterocycles. The Morgan fingerprint density at radius 2 is 1.81 bits per heavy atom. The normalized spacial score (nSPS) is 11.7. The SMILES string of the molecule is CCOC(=O)c1ccc(NC(=O)[C@@H](NC(=O)c2cccs2)C(C)C)cc1. The molecule has 1 aromatic heterocycles. The summed E-state index contributed by atoms with van der Waals surface area (Å²) in [6.45, 7) is 5.77. The second kappa shape index (κ2) is 9.15. The first-order chi connectivity index (χ1) is 12.4. The van der Waals surface area contributed by atoms with Gasteiger partial charge in [-0.15, -0.1) is 11.3 Å². The number of esters is 1. The first kappa shape index (κ1) is 19.7. The van der Waals surface area contributed by atoms with Crippen LogP contribution in [0.1, 0.15) is 40.8 Å². The van der Waals surface area contributed by atoms with Gasteiger partial charge in [0.05, 0.1) is 17.0 Å². The molecule has 0 aliphatic rings. The molecule has 0 radical (unpaired) electrons. The van der Waals surface area contributed by atoms with Crippen LogP contribution in [-0.2, 0) is 9.53 Å². The third kappa shape index (κ3) is 5.16. The van der Waals surface area contributed by atoms with Crippen LogP contribution in [0.5, 0.6) is 0 Å². The van der Waals surface area contributed by atoms with Crippen LogP contribution in [0, 0.1) is 5.92 Å². The minimum atomic E-state index is -0.672. The summed E-state index contributed by atoms with van der Waals surface area (Å²) in [6.07, 6.45) is 0. The van der Waals surface area contributed by atoms with Crippen molar-refractivity contribution in [2.75, 3.05) is 11.9 Å². The molecule has 0 aliphatic carbocycles. The van der Waals surface area contributed by atoms with Crippen LogP contribution in [0.3, 0.4) is 0 Å². The summed E-state index contributed by atoms with van der Waals surface area (Å²) < 4.78 is 4.92. The fourth-order valence-electron chi connectivity index (χ4n) is 2.28. The molecule has 6 nitrogen and oxygen atoms in total. The Morgan fingerprint density at radius 3 is 2.35 bits per heavy atom. The highest BCUT2D eigenvalue weighted by atomic mass is 32.1. The van der Waals surface area contributed by atoms with Crippen LogP contribution in [-0.4, -0.2) is 30.4 Å². The van der Waals surface area contributed by atoms with Crippen LogP contribution in [0.4, 0.5) is 5.69 Å². The van der Waals surface area contributed by atoms with E-state index < -0.39 is 12.0 Å². The van der Waals surface area contributed by atoms with Gasteiger partial charge in [-0.2, -0.15) is 0 Å². The fourth-order valence-corrected chi connectivity index (χ4v) is 2.91. The van der Waals surface area contributed by atoms with Crippen LogP contribution in [0.2, 0.25) is 0 Å². The molecule has 2 amide bonds. The van der Waals surface area contributed by atoms with Crippen molar-refractivity contribution in [3.63, 3.8) is 0 Å². The standard InChI is InChI=1S/C19H22N2O4S/c1-4-25-19(24)13-7-9-14(10-8-13)20-18(23)16(12(2)3)21-17(22)15-6-5-11-26-15/h5-12,16H,4H2,1-3H3,(H,20,23)(H,21,22)/t16-/m0/s1. The zero-order valence-corrected chi connectivity index (χ0v) is 15.8. The summed E-state index contributed by atoms with van der Waals surface area (Å²) >= 11 is 1.32. The highest BCUT2D eigenvalue weighted by molar-refractivity contribution is 7.12. The highest BCUT2D eigenvalue weighted by Crippen LogP contribution is 2.14. The van der Waals surface area contributed by atoms with E-state index in [9.17, 15) is 14.4 Å². The molecule has 0 spiro atoms. The van der Waals surface area contributed by atoms with Gasteiger partial charge in [-0.25, -0.2) is 4.79 Å². The van der Waals surface area contributed by atoms with Crippen molar-refractivity contribution in [1.29, 1.82) is 0 Å². The lowest BCUT2D eigenvalue weighted by atomic mass is 10.0. The molecule has 0 fully saturated rings. The number of nitrogens with one attached hydrogen (secondary N) is 2. The third-order valence-corrected chi connectivity index (χ3v) is 4.51. The second-order valence-electron chi connectivity index (χ2n) is 5.96. The number of carbonyl (C=O) groups is 3. The Hall–Kier alpha value is -2.67. The van der Waals surface area contributed by atoms with E-state index >= 15 is 0 Å². The number of thiophene rings is 1. The van der Waals surface area contributed by atoms with Crippen molar-refractivity contribution in [3.8, 4) is 0 Å². The lowest BCUT2D eigenvalue weighted by Crippen LogP contribution is -2.46. The third-order valence-electron chi connectivity index (χ3n) is 3.64. The molecule has 2 aromatic rings. The number of amides is 2. The van der Waals surface area contributed by atoms with E-state index in [-0.39, 0.29) is 17.7 Å². The van der Waals surface area contributed by atoms with Gasteiger partial charge in [0.2, 0.25) is 5.91 Å². The zero-order valence-electron chi connectivity index (χ0n) is 14.9. The van der Waals surface area contributed by atoms with E-state index in [1.54, 1.807) is 43.3 Å². The summed E-state index contributed by atoms with van der Waals surface area (Å²) in [5.41, 5.74) is 0.954. The monoisotopic (exact) mass is 374 g/mol. The lowest BCUT2D eigenvalue weighted by Gasteiger charge is -2.21. The van der Waals surface area contributed by atoms with Gasteiger partial charge in [-0.05, 0) is 48.6 Å². The number of hydrogen-bond donors (Lipinski definition) is 2. The van der Waals surface area contributed by atoms with Gasteiger partial charge in [0, 0.05) is 5.69 Å². The zero-order chi connectivity index (χ0) is 19.1. The van der Waals surface area contributed by atoms with Gasteiger partial charge in [0.1, 0.15) is 6.04 Å². The van der Waals surface area contributed by atoms with Gasteiger partial charge in [-0.3, -0.25) is 9.59 Å². The summed E-state index contributed by atoms with van der Waals surface area (Å²) in [7, 11) is 0. The van der Waals surface area contributed by atoms with E-state index in [1.807, 2.05) is 19.2 Å². The van der Waals surface area contributed by atoms with Crippen LogP contribution in [0.15, 0.2) is 41.8 Å². The summed E-state index contributed by atoms with van der Waals surface area (Å²) in [6, 6.07) is 9.25. The van der Waals surface area contributed by atoms with Crippen molar-refractivity contribution in [3.05, 3.63) is 52.2 Å². The predicted molar refractivity (Wildman–Crippen MR) is 101 cm³/mol. The van der Waals surface area contributed by atoms with Crippen molar-refractivity contribution < 1.29 is 19.1 Å². The Bertz CT molecular complexity index is 754. The van der Waals surface area contributed by atoms with E-state index in [0.717, 1.165) is 0 Å². The number of ether oxygens (including phenoxy) is 1. The molecule has 0 bridgehead atoms. The first-order valence-corrected chi connectivity index (χ1v) is 9.22. The molecule has 0 saturated carbocycles. The Kier molecular flexibility index (Phi) is 6.91. The maximum atomic E-state index is 12.6. The van der Waals surface area contributed by atoms with Gasteiger partial charge < -0.3 is 15.4 Å². The molecular weight excluding hydrogens is 352 g/mol. The Morgan fingerprint density at radius 1 is 1.12 bits per heavy atom. The van der Waals surface area contributed by atoms with Gasteiger partial charge in [0.25, 0.3) is 5.91 Å². The second-order valence-corrected chi connectivity index (χ2v) is 6.91. The van der Waals surface area contributed by atoms with Crippen LogP contribution < -0.4 is 10.6 Å². The van der Waals surface area contributed by atoms with Crippen LogP contribution in [0.25, 0.3) is 0 Å². The average molecular weight is 374 g/mol. The Labute approximate surface area is 156 Å². The maximum Gasteiger partial charge on any atom is 0.338 e. The quantitative estimate of drug-likeness (QED) is 0.728. The minimum absolute atomic E-state index is 0.0854. The predicted octanol–water partition coefficient (Wildman–Crippen LogP) is 3.32. The van der Waals surface area contributed by atoms with Crippen molar-refractivity contribution >= 4 is 34.8 Å². The van der Waals surface area contributed by atoms with Crippen LogP contribution >= 0.6 is 11.3 Å². The molecule has 26 heavy (non-hydrogen) atoms. The molecule has 1 aromatic carbocycles. The number of anilines is 1. The van der Waals surface area contributed by atoms with Crippen molar-refractivity contribution in [1.82, 2.24) is 5.32 Å². The molecule has 138 valence electrons. The minimum Gasteiger partial charge on any atom is -0.462 e. The molecule has 1 atom stereocenters. The maximum absolute atomic E-state index is 12.6. The molecule has 1 heterocycles. The largest absolute Gasteiger partial charge is 0.462 e.